The van der Waals surface area contributed by atoms with Crippen molar-refractivity contribution >= 4 is 127 Å². The zero-order chi connectivity index (χ0) is 48.8. The number of ether oxygens (including phenoxy) is 2. The molecule has 1 aliphatic heterocycles. The smallest absolute Gasteiger partial charge is 0.249 e. The third-order valence-electron chi connectivity index (χ3n) is 11.1. The minimum absolute atomic E-state index is 0.337. The molecule has 8 aromatic carbocycles. The second-order valence-electron chi connectivity index (χ2n) is 15.6. The Balaban J connectivity index is 0.000000234. The van der Waals surface area contributed by atoms with E-state index in [1.165, 1.54) is 87.3 Å². The van der Waals surface area contributed by atoms with Gasteiger partial charge in [-0.05, 0) is 154 Å². The van der Waals surface area contributed by atoms with E-state index in [0.717, 1.165) is 0 Å². The van der Waals surface area contributed by atoms with Crippen molar-refractivity contribution in [2.24, 2.45) is 0 Å². The molecule has 2 atom stereocenters. The molecule has 8 aromatic rings. The quantitative estimate of drug-likeness (QED) is 0.0732. The zero-order valence-electron chi connectivity index (χ0n) is 39.7. The first-order valence-electron chi connectivity index (χ1n) is 23.5. The average Bonchev–Trinajstić information content (AvgIpc) is 3.39. The molecular formula is C56H58O6P4S4. The summed E-state index contributed by atoms with van der Waals surface area (Å²) in [6, 6.07) is 71.8. The molecule has 1 aliphatic rings. The molecule has 0 aliphatic carbocycles. The van der Waals surface area contributed by atoms with Crippen molar-refractivity contribution < 1.29 is 27.6 Å². The summed E-state index contributed by atoms with van der Waals surface area (Å²) in [6.45, 7) is 10.5. The van der Waals surface area contributed by atoms with Gasteiger partial charge in [-0.25, -0.2) is 0 Å². The second kappa shape index (κ2) is 26.2. The summed E-state index contributed by atoms with van der Waals surface area (Å²) in [6.07, 6.45) is 0. The summed E-state index contributed by atoms with van der Waals surface area (Å²) in [5.74, 6) is 0. The highest BCUT2D eigenvalue weighted by Gasteiger charge is 2.39. The molecule has 1 fully saturated rings. The normalized spacial score (nSPS) is 15.3. The van der Waals surface area contributed by atoms with Gasteiger partial charge in [-0.15, -0.1) is 0 Å². The minimum Gasteiger partial charge on any atom is -0.361 e. The van der Waals surface area contributed by atoms with Crippen LogP contribution in [0.25, 0.3) is 32.7 Å². The highest BCUT2D eigenvalue weighted by molar-refractivity contribution is 8.69. The van der Waals surface area contributed by atoms with E-state index in [1.807, 2.05) is 27.7 Å². The third kappa shape index (κ3) is 13.2. The highest BCUT2D eigenvalue weighted by Crippen LogP contribution is 2.68. The standard InChI is InChI=1S/C44H32P2.C12H26O6P2S4/c1-5-19-35(20-6-1)45(36-21-7-2-8-22-36)41-31-29-33-17-13-15-27-39(33)43(41)44-40-28-16-14-18-34(40)30-32-42(44)46(37-23-9-3-10-24-37)38-25-11-4-12-26-38;1-5-15-19(21,16-6-2)23-11-12(14-10-9-13-11)24-20(22,17-7-3)18-8-4/h1-32H;11-12H,5-10H2,1-4H3. The van der Waals surface area contributed by atoms with Crippen molar-refractivity contribution in [3.8, 4) is 11.1 Å². The predicted molar refractivity (Wildman–Crippen MR) is 314 cm³/mol. The van der Waals surface area contributed by atoms with Crippen molar-refractivity contribution in [2.45, 2.75) is 38.6 Å². The van der Waals surface area contributed by atoms with Crippen LogP contribution in [0.3, 0.4) is 0 Å². The number of hydrogen-bond acceptors (Lipinski definition) is 10. The van der Waals surface area contributed by atoms with Gasteiger partial charge < -0.3 is 27.6 Å². The van der Waals surface area contributed by atoms with Crippen LogP contribution in [0.15, 0.2) is 194 Å². The van der Waals surface area contributed by atoms with Gasteiger partial charge in [0.2, 0.25) is 11.4 Å². The van der Waals surface area contributed by atoms with Crippen LogP contribution in [0.4, 0.5) is 0 Å². The molecular weight excluding hydrogens is 1020 g/mol. The lowest BCUT2D eigenvalue weighted by Gasteiger charge is -2.35. The van der Waals surface area contributed by atoms with Crippen molar-refractivity contribution in [1.82, 2.24) is 0 Å². The first-order chi connectivity index (χ1) is 34.3. The van der Waals surface area contributed by atoms with E-state index >= 15 is 0 Å². The van der Waals surface area contributed by atoms with Crippen LogP contribution in [-0.4, -0.2) is 50.5 Å². The summed E-state index contributed by atoms with van der Waals surface area (Å²) in [4.78, 5) is 0. The average molecular weight is 1080 g/mol. The number of fused-ring (bicyclic) bond motifs is 2. The van der Waals surface area contributed by atoms with E-state index in [0.29, 0.717) is 39.6 Å². The van der Waals surface area contributed by atoms with Gasteiger partial charge in [0.25, 0.3) is 0 Å². The van der Waals surface area contributed by atoms with Crippen LogP contribution in [-0.2, 0) is 51.2 Å². The van der Waals surface area contributed by atoms with Crippen LogP contribution in [0.1, 0.15) is 27.7 Å². The minimum atomic E-state index is -2.49. The van der Waals surface area contributed by atoms with E-state index in [9.17, 15) is 0 Å². The van der Waals surface area contributed by atoms with Gasteiger partial charge in [0, 0.05) is 0 Å². The van der Waals surface area contributed by atoms with Gasteiger partial charge in [0.05, 0.1) is 39.6 Å². The van der Waals surface area contributed by atoms with Crippen LogP contribution in [0.5, 0.6) is 0 Å². The summed E-state index contributed by atoms with van der Waals surface area (Å²) >= 11 is 13.9. The SMILES string of the molecule is CCOP(=S)(OCC)SC1OCCOC1SP(=S)(OCC)OCC.c1ccc(P(c2ccccc2)c2ccc3ccccc3c2-c2c(P(c3ccccc3)c3ccccc3)ccc3ccccc23)cc1. The lowest BCUT2D eigenvalue weighted by molar-refractivity contribution is -0.0654. The monoisotopic (exact) mass is 1080 g/mol. The Kier molecular flexibility index (Phi) is 19.9. The fourth-order valence-corrected chi connectivity index (χ4v) is 24.3. The van der Waals surface area contributed by atoms with Gasteiger partial charge in [-0.2, -0.15) is 0 Å². The molecule has 0 N–H and O–H groups in total. The molecule has 0 saturated carbocycles. The molecule has 0 spiro atoms. The molecule has 9 rings (SSSR count). The molecule has 6 nitrogen and oxygen atoms in total. The van der Waals surface area contributed by atoms with Gasteiger partial charge >= 0.3 is 0 Å². The van der Waals surface area contributed by atoms with Gasteiger partial charge in [-0.3, -0.25) is 0 Å². The predicted octanol–water partition coefficient (Wildman–Crippen LogP) is 13.9. The van der Waals surface area contributed by atoms with Crippen molar-refractivity contribution in [3.05, 3.63) is 194 Å². The molecule has 2 unspecified atom stereocenters. The zero-order valence-corrected chi connectivity index (χ0v) is 46.6. The molecule has 1 heterocycles. The van der Waals surface area contributed by atoms with Gasteiger partial charge in [0.1, 0.15) is 10.9 Å². The Morgan fingerprint density at radius 2 is 0.700 bits per heavy atom. The summed E-state index contributed by atoms with van der Waals surface area (Å²) < 4.78 is 34.5. The van der Waals surface area contributed by atoms with Gasteiger partial charge in [-0.1, -0.05) is 194 Å². The van der Waals surface area contributed by atoms with Crippen LogP contribution >= 0.6 is 50.0 Å². The lowest BCUT2D eigenvalue weighted by atomic mass is 9.93. The maximum atomic E-state index is 5.86. The van der Waals surface area contributed by atoms with Gasteiger partial charge in [0.15, 0.2) is 0 Å². The Morgan fingerprint density at radius 3 is 1.00 bits per heavy atom. The topological polar surface area (TPSA) is 55.4 Å². The molecule has 0 amide bonds. The van der Waals surface area contributed by atoms with E-state index in [1.54, 1.807) is 0 Å². The number of rotatable bonds is 19. The molecule has 14 heteroatoms. The van der Waals surface area contributed by atoms with Crippen molar-refractivity contribution in [2.75, 3.05) is 39.6 Å². The number of hydrogen-bond donors (Lipinski definition) is 0. The van der Waals surface area contributed by atoms with E-state index in [2.05, 4.69) is 194 Å². The summed E-state index contributed by atoms with van der Waals surface area (Å²) in [7, 11) is -1.70. The fraction of sp³-hybridized carbons (Fsp3) is 0.214. The Morgan fingerprint density at radius 1 is 0.414 bits per heavy atom. The molecule has 362 valence electrons. The van der Waals surface area contributed by atoms with E-state index in [4.69, 9.17) is 51.2 Å². The van der Waals surface area contributed by atoms with Crippen LogP contribution in [0, 0.1) is 0 Å². The summed E-state index contributed by atoms with van der Waals surface area (Å²) in [5, 5.41) is 13.3. The van der Waals surface area contributed by atoms with E-state index in [-0.39, 0.29) is 10.9 Å². The third-order valence-corrected chi connectivity index (χ3v) is 27.1. The van der Waals surface area contributed by atoms with Crippen molar-refractivity contribution in [1.29, 1.82) is 0 Å². The molecule has 0 aromatic heterocycles. The Labute approximate surface area is 434 Å². The van der Waals surface area contributed by atoms with Crippen molar-refractivity contribution in [3.63, 3.8) is 0 Å². The molecule has 0 radical (unpaired) electrons. The maximum absolute atomic E-state index is 5.86. The van der Waals surface area contributed by atoms with Crippen LogP contribution in [0.2, 0.25) is 0 Å². The Hall–Kier alpha value is -3.10. The lowest BCUT2D eigenvalue weighted by Crippen LogP contribution is -2.34. The highest BCUT2D eigenvalue weighted by atomic mass is 32.9. The molecule has 70 heavy (non-hydrogen) atoms. The number of benzene rings is 8. The first-order valence-corrected chi connectivity index (χ1v) is 34.4. The molecule has 0 bridgehead atoms. The largest absolute Gasteiger partial charge is 0.361 e. The first kappa shape index (κ1) is 53.2. The summed E-state index contributed by atoms with van der Waals surface area (Å²) in [5.41, 5.74) is -2.96. The maximum Gasteiger partial charge on any atom is 0.249 e. The fourth-order valence-electron chi connectivity index (χ4n) is 8.31. The molecule has 1 saturated heterocycles. The Bertz CT molecular complexity index is 2710. The second-order valence-corrected chi connectivity index (χ2v) is 32.6. The van der Waals surface area contributed by atoms with Crippen LogP contribution < -0.4 is 31.8 Å². The van der Waals surface area contributed by atoms with E-state index < -0.39 is 27.2 Å².